The van der Waals surface area contributed by atoms with Gasteiger partial charge in [0, 0.05) is 19.2 Å². The molecule has 0 aromatic heterocycles. The van der Waals surface area contributed by atoms with E-state index >= 15 is 0 Å². The first-order valence-corrected chi connectivity index (χ1v) is 14.3. The molecule has 0 aliphatic carbocycles. The van der Waals surface area contributed by atoms with E-state index < -0.39 is 28.5 Å². The lowest BCUT2D eigenvalue weighted by Gasteiger charge is -2.33. The maximum atomic E-state index is 13.9. The summed E-state index contributed by atoms with van der Waals surface area (Å²) in [4.78, 5) is 28.5. The Morgan fingerprint density at radius 2 is 1.82 bits per heavy atom. The van der Waals surface area contributed by atoms with Crippen LogP contribution in [0.5, 0.6) is 17.2 Å². The minimum Gasteiger partial charge on any atom is -0.497 e. The highest BCUT2D eigenvalue weighted by Gasteiger charge is 2.33. The number of fused-ring (bicyclic) bond motifs is 1. The van der Waals surface area contributed by atoms with Crippen LogP contribution in [0, 0.1) is 5.92 Å². The average molecular weight is 548 g/mol. The Balaban J connectivity index is 1.97. The third-order valence-corrected chi connectivity index (χ3v) is 7.92. The smallest absolute Gasteiger partial charge is 0.244 e. The van der Waals surface area contributed by atoms with Crippen LogP contribution >= 0.6 is 0 Å². The molecule has 1 aliphatic heterocycles. The van der Waals surface area contributed by atoms with Crippen LogP contribution in [-0.2, 0) is 26.2 Å². The molecule has 11 heteroatoms. The number of anilines is 1. The van der Waals surface area contributed by atoms with Crippen LogP contribution < -0.4 is 23.8 Å². The van der Waals surface area contributed by atoms with E-state index in [1.807, 2.05) is 26.8 Å². The van der Waals surface area contributed by atoms with Gasteiger partial charge in [0.15, 0.2) is 11.5 Å². The fourth-order valence-corrected chi connectivity index (χ4v) is 5.12. The topological polar surface area (TPSA) is 114 Å². The molecule has 0 saturated carbocycles. The monoisotopic (exact) mass is 547 g/mol. The average Bonchev–Trinajstić information content (AvgIpc) is 3.38. The van der Waals surface area contributed by atoms with Crippen LogP contribution in [0.3, 0.4) is 0 Å². The number of carbonyl (C=O) groups excluding carboxylic acids is 2. The molecule has 1 aliphatic rings. The first kappa shape index (κ1) is 29.1. The molecule has 0 radical (unpaired) electrons. The molecule has 1 N–H and O–H groups in total. The zero-order valence-corrected chi connectivity index (χ0v) is 23.4. The van der Waals surface area contributed by atoms with Gasteiger partial charge in [0.2, 0.25) is 28.6 Å². The SMILES string of the molecule is CC[C@@H](C(=O)NCC(C)C)N(Cc1cccc(OC)c1)C(=O)CN(c1ccc2c(c1)OCO2)S(=O)(=O)CC. The normalized spacial score (nSPS) is 13.2. The van der Waals surface area contributed by atoms with Crippen LogP contribution in [0.15, 0.2) is 42.5 Å². The molecule has 0 saturated heterocycles. The van der Waals surface area contributed by atoms with Crippen LogP contribution in [0.1, 0.15) is 39.7 Å². The van der Waals surface area contributed by atoms with Crippen LogP contribution in [0.25, 0.3) is 0 Å². The number of rotatable bonds is 13. The van der Waals surface area contributed by atoms with Crippen molar-refractivity contribution in [2.75, 3.05) is 37.1 Å². The molecule has 3 rings (SSSR count). The van der Waals surface area contributed by atoms with Crippen molar-refractivity contribution in [2.24, 2.45) is 5.92 Å². The standard InChI is InChI=1S/C27H37N3O7S/c1-6-23(27(32)28-15-19(3)4)29(16-20-9-8-10-22(13-20)35-5)26(31)17-30(38(33,34)7-2)21-11-12-24-25(14-21)37-18-36-24/h8-14,19,23H,6-7,15-18H2,1-5H3,(H,28,32)/t23-/m0/s1. The first-order valence-electron chi connectivity index (χ1n) is 12.7. The first-order chi connectivity index (χ1) is 18.1. The maximum absolute atomic E-state index is 13.9. The molecule has 1 atom stereocenters. The van der Waals surface area contributed by atoms with E-state index in [0.29, 0.717) is 30.2 Å². The zero-order chi connectivity index (χ0) is 27.9. The minimum absolute atomic E-state index is 0.0379. The zero-order valence-electron chi connectivity index (χ0n) is 22.6. The van der Waals surface area contributed by atoms with E-state index in [-0.39, 0.29) is 36.6 Å². The molecular formula is C27H37N3O7S. The van der Waals surface area contributed by atoms with Crippen LogP contribution in [0.4, 0.5) is 5.69 Å². The summed E-state index contributed by atoms with van der Waals surface area (Å²) in [7, 11) is -2.30. The van der Waals surface area contributed by atoms with Crippen molar-refractivity contribution in [3.63, 3.8) is 0 Å². The predicted molar refractivity (Wildman–Crippen MR) is 145 cm³/mol. The lowest BCUT2D eigenvalue weighted by atomic mass is 10.1. The van der Waals surface area contributed by atoms with Gasteiger partial charge in [0.1, 0.15) is 18.3 Å². The second-order valence-electron chi connectivity index (χ2n) is 9.38. The summed E-state index contributed by atoms with van der Waals surface area (Å²) < 4.78 is 43.4. The fraction of sp³-hybridized carbons (Fsp3) is 0.481. The van der Waals surface area contributed by atoms with Gasteiger partial charge < -0.3 is 24.4 Å². The van der Waals surface area contributed by atoms with Crippen molar-refractivity contribution in [2.45, 2.75) is 46.7 Å². The van der Waals surface area contributed by atoms with Gasteiger partial charge in [-0.05, 0) is 49.1 Å². The number of hydrogen-bond acceptors (Lipinski definition) is 7. The van der Waals surface area contributed by atoms with Gasteiger partial charge in [0.25, 0.3) is 0 Å². The van der Waals surface area contributed by atoms with Gasteiger partial charge >= 0.3 is 0 Å². The third-order valence-electron chi connectivity index (χ3n) is 6.18. The van der Waals surface area contributed by atoms with Gasteiger partial charge in [-0.1, -0.05) is 32.9 Å². The molecule has 2 aromatic carbocycles. The number of amides is 2. The number of sulfonamides is 1. The van der Waals surface area contributed by atoms with Crippen molar-refractivity contribution in [1.29, 1.82) is 0 Å². The van der Waals surface area contributed by atoms with Gasteiger partial charge in [-0.2, -0.15) is 0 Å². The summed E-state index contributed by atoms with van der Waals surface area (Å²) in [5, 5.41) is 2.91. The summed E-state index contributed by atoms with van der Waals surface area (Å²) in [6, 6.07) is 11.2. The fourth-order valence-electron chi connectivity index (χ4n) is 4.07. The predicted octanol–water partition coefficient (Wildman–Crippen LogP) is 3.16. The van der Waals surface area contributed by atoms with E-state index in [9.17, 15) is 18.0 Å². The number of methoxy groups -OCH3 is 1. The Morgan fingerprint density at radius 1 is 1.08 bits per heavy atom. The summed E-state index contributed by atoms with van der Waals surface area (Å²) in [5.41, 5.74) is 1.03. The minimum atomic E-state index is -3.85. The van der Waals surface area contributed by atoms with Gasteiger partial charge in [-0.15, -0.1) is 0 Å². The van der Waals surface area contributed by atoms with Crippen LogP contribution in [-0.4, -0.2) is 63.9 Å². The lowest BCUT2D eigenvalue weighted by Crippen LogP contribution is -2.52. The molecule has 0 unspecified atom stereocenters. The third kappa shape index (κ3) is 7.09. The highest BCUT2D eigenvalue weighted by Crippen LogP contribution is 2.36. The number of hydrogen-bond donors (Lipinski definition) is 1. The molecule has 2 aromatic rings. The second-order valence-corrected chi connectivity index (χ2v) is 11.6. The molecule has 0 bridgehead atoms. The van der Waals surface area contributed by atoms with Gasteiger partial charge in [0.05, 0.1) is 18.6 Å². The number of nitrogens with zero attached hydrogens (tertiary/aromatic N) is 2. The summed E-state index contributed by atoms with van der Waals surface area (Å²) in [6.45, 7) is 7.43. The Labute approximate surface area is 224 Å². The van der Waals surface area contributed by atoms with Gasteiger partial charge in [-0.3, -0.25) is 13.9 Å². The molecule has 2 amide bonds. The van der Waals surface area contributed by atoms with Crippen LogP contribution in [0.2, 0.25) is 0 Å². The summed E-state index contributed by atoms with van der Waals surface area (Å²) in [5.74, 6) is 0.745. The molecule has 0 spiro atoms. The Morgan fingerprint density at radius 3 is 2.47 bits per heavy atom. The summed E-state index contributed by atoms with van der Waals surface area (Å²) >= 11 is 0. The largest absolute Gasteiger partial charge is 0.497 e. The second kappa shape index (κ2) is 12.9. The number of benzene rings is 2. The van der Waals surface area contributed by atoms with E-state index in [4.69, 9.17) is 14.2 Å². The Bertz CT molecular complexity index is 1230. The molecule has 0 fully saturated rings. The van der Waals surface area contributed by atoms with E-state index in [1.54, 1.807) is 43.5 Å². The number of ether oxygens (including phenoxy) is 3. The molecular weight excluding hydrogens is 510 g/mol. The van der Waals surface area contributed by atoms with E-state index in [2.05, 4.69) is 5.32 Å². The van der Waals surface area contributed by atoms with Crippen molar-refractivity contribution < 1.29 is 32.2 Å². The number of carbonyl (C=O) groups is 2. The molecule has 38 heavy (non-hydrogen) atoms. The molecule has 10 nitrogen and oxygen atoms in total. The molecule has 1 heterocycles. The van der Waals surface area contributed by atoms with Crippen molar-refractivity contribution >= 4 is 27.5 Å². The Hall–Kier alpha value is -3.47. The van der Waals surface area contributed by atoms with Gasteiger partial charge in [-0.25, -0.2) is 8.42 Å². The summed E-state index contributed by atoms with van der Waals surface area (Å²) in [6.07, 6.45) is 0.351. The number of nitrogens with one attached hydrogen (secondary N) is 1. The van der Waals surface area contributed by atoms with Crippen molar-refractivity contribution in [3.05, 3.63) is 48.0 Å². The quantitative estimate of drug-likeness (QED) is 0.410. The van der Waals surface area contributed by atoms with Crippen molar-refractivity contribution in [3.8, 4) is 17.2 Å². The molecule has 208 valence electrons. The Kier molecular flexibility index (Phi) is 9.84. The van der Waals surface area contributed by atoms with E-state index in [0.717, 1.165) is 9.87 Å². The maximum Gasteiger partial charge on any atom is 0.244 e. The lowest BCUT2D eigenvalue weighted by molar-refractivity contribution is -0.140. The highest BCUT2D eigenvalue weighted by molar-refractivity contribution is 7.92. The highest BCUT2D eigenvalue weighted by atomic mass is 32.2. The van der Waals surface area contributed by atoms with Crippen molar-refractivity contribution in [1.82, 2.24) is 10.2 Å². The van der Waals surface area contributed by atoms with E-state index in [1.165, 1.54) is 11.8 Å².